The lowest BCUT2D eigenvalue weighted by Crippen LogP contribution is -2.33. The van der Waals surface area contributed by atoms with Crippen LogP contribution in [-0.4, -0.2) is 17.1 Å². The average Bonchev–Trinajstić information content (AvgIpc) is 3.08. The van der Waals surface area contributed by atoms with Crippen LogP contribution in [0.2, 0.25) is 0 Å². The molecule has 1 heterocycles. The summed E-state index contributed by atoms with van der Waals surface area (Å²) in [6, 6.07) is 16.7. The van der Waals surface area contributed by atoms with Crippen LogP contribution in [0.4, 0.5) is 0 Å². The molecule has 0 aliphatic rings. The maximum Gasteiger partial charge on any atom is 0.252 e. The molecule has 1 amide bonds. The lowest BCUT2D eigenvalue weighted by Gasteiger charge is -2.17. The van der Waals surface area contributed by atoms with Gasteiger partial charge >= 0.3 is 0 Å². The van der Waals surface area contributed by atoms with Gasteiger partial charge in [0.25, 0.3) is 5.91 Å². The highest BCUT2D eigenvalue weighted by molar-refractivity contribution is 6.07. The minimum atomic E-state index is -0.729. The maximum atomic E-state index is 12.5. The Balaban J connectivity index is 1.70. The van der Waals surface area contributed by atoms with E-state index in [2.05, 4.69) is 5.32 Å². The van der Waals surface area contributed by atoms with Gasteiger partial charge in [0.2, 0.25) is 0 Å². The van der Waals surface area contributed by atoms with Crippen LogP contribution in [0.1, 0.15) is 35.6 Å². The number of hydrogen-bond donors (Lipinski definition) is 2. The second-order valence-electron chi connectivity index (χ2n) is 5.67. The molecule has 2 atom stereocenters. The molecule has 4 heteroatoms. The van der Waals surface area contributed by atoms with E-state index in [1.165, 1.54) is 6.26 Å². The molecule has 1 aromatic heterocycles. The number of benzene rings is 2. The van der Waals surface area contributed by atoms with E-state index < -0.39 is 6.10 Å². The number of rotatable bonds is 5. The number of furan rings is 1. The molecule has 23 heavy (non-hydrogen) atoms. The van der Waals surface area contributed by atoms with Gasteiger partial charge in [-0.25, -0.2) is 0 Å². The Labute approximate surface area is 134 Å². The summed E-state index contributed by atoms with van der Waals surface area (Å²) >= 11 is 0. The van der Waals surface area contributed by atoms with E-state index in [4.69, 9.17) is 4.42 Å². The van der Waals surface area contributed by atoms with E-state index in [-0.39, 0.29) is 11.9 Å². The van der Waals surface area contributed by atoms with Gasteiger partial charge in [0.05, 0.1) is 6.26 Å². The Morgan fingerprint density at radius 3 is 2.70 bits per heavy atom. The van der Waals surface area contributed by atoms with Crippen molar-refractivity contribution in [3.8, 4) is 0 Å². The first-order valence-corrected chi connectivity index (χ1v) is 7.65. The van der Waals surface area contributed by atoms with Gasteiger partial charge in [-0.2, -0.15) is 0 Å². The van der Waals surface area contributed by atoms with E-state index >= 15 is 0 Å². The summed E-state index contributed by atoms with van der Waals surface area (Å²) in [7, 11) is 0. The SMILES string of the molecule is CC(CC(O)c1ccco1)NC(=O)c1cccc2ccccc12. The molecule has 2 unspecified atom stereocenters. The number of amides is 1. The fraction of sp³-hybridized carbons (Fsp3) is 0.211. The van der Waals surface area contributed by atoms with Gasteiger partial charge in [0.15, 0.2) is 0 Å². The predicted molar refractivity (Wildman–Crippen MR) is 89.2 cm³/mol. The summed E-state index contributed by atoms with van der Waals surface area (Å²) in [6.07, 6.45) is 1.19. The van der Waals surface area contributed by atoms with Gasteiger partial charge in [0.1, 0.15) is 11.9 Å². The number of hydrogen-bond acceptors (Lipinski definition) is 3. The second kappa shape index (κ2) is 6.67. The Bertz CT molecular complexity index is 790. The van der Waals surface area contributed by atoms with Crippen molar-refractivity contribution < 1.29 is 14.3 Å². The summed E-state index contributed by atoms with van der Waals surface area (Å²) in [5.41, 5.74) is 0.641. The van der Waals surface area contributed by atoms with Crippen molar-refractivity contribution in [1.82, 2.24) is 5.32 Å². The number of carbonyl (C=O) groups excluding carboxylic acids is 1. The molecule has 0 aliphatic carbocycles. The highest BCUT2D eigenvalue weighted by Crippen LogP contribution is 2.20. The topological polar surface area (TPSA) is 62.5 Å². The Kier molecular flexibility index (Phi) is 4.44. The molecule has 0 radical (unpaired) electrons. The smallest absolute Gasteiger partial charge is 0.252 e. The maximum absolute atomic E-state index is 12.5. The highest BCUT2D eigenvalue weighted by atomic mass is 16.4. The minimum absolute atomic E-state index is 0.138. The van der Waals surface area contributed by atoms with Crippen molar-refractivity contribution in [1.29, 1.82) is 0 Å². The predicted octanol–water partition coefficient (Wildman–Crippen LogP) is 3.67. The van der Waals surface area contributed by atoms with Crippen molar-refractivity contribution in [2.75, 3.05) is 0 Å². The van der Waals surface area contributed by atoms with Crippen LogP contribution in [0.3, 0.4) is 0 Å². The fourth-order valence-electron chi connectivity index (χ4n) is 2.72. The molecule has 2 aromatic carbocycles. The molecule has 3 rings (SSSR count). The Morgan fingerprint density at radius 2 is 1.91 bits per heavy atom. The quantitative estimate of drug-likeness (QED) is 0.756. The monoisotopic (exact) mass is 309 g/mol. The Hall–Kier alpha value is -2.59. The van der Waals surface area contributed by atoms with Gasteiger partial charge < -0.3 is 14.8 Å². The minimum Gasteiger partial charge on any atom is -0.467 e. The largest absolute Gasteiger partial charge is 0.467 e. The average molecular weight is 309 g/mol. The van der Waals surface area contributed by atoms with Crippen molar-refractivity contribution >= 4 is 16.7 Å². The first kappa shape index (κ1) is 15.3. The molecule has 2 N–H and O–H groups in total. The number of aliphatic hydroxyl groups is 1. The molecule has 0 aliphatic heterocycles. The first-order chi connectivity index (χ1) is 11.1. The molecule has 3 aromatic rings. The van der Waals surface area contributed by atoms with Crippen molar-refractivity contribution in [3.05, 3.63) is 72.2 Å². The van der Waals surface area contributed by atoms with Gasteiger partial charge in [-0.15, -0.1) is 0 Å². The van der Waals surface area contributed by atoms with E-state index in [0.717, 1.165) is 10.8 Å². The van der Waals surface area contributed by atoms with E-state index in [9.17, 15) is 9.90 Å². The van der Waals surface area contributed by atoms with Gasteiger partial charge in [-0.1, -0.05) is 36.4 Å². The summed E-state index contributed by atoms with van der Waals surface area (Å²) in [6.45, 7) is 1.87. The zero-order chi connectivity index (χ0) is 16.2. The lowest BCUT2D eigenvalue weighted by molar-refractivity contribution is 0.0904. The van der Waals surface area contributed by atoms with Crippen LogP contribution in [0, 0.1) is 0 Å². The molecular weight excluding hydrogens is 290 g/mol. The van der Waals surface area contributed by atoms with Crippen molar-refractivity contribution in [3.63, 3.8) is 0 Å². The van der Waals surface area contributed by atoms with Gasteiger partial charge in [0, 0.05) is 18.0 Å². The molecule has 0 bridgehead atoms. The highest BCUT2D eigenvalue weighted by Gasteiger charge is 2.18. The Morgan fingerprint density at radius 1 is 1.13 bits per heavy atom. The van der Waals surface area contributed by atoms with E-state index in [0.29, 0.717) is 17.7 Å². The van der Waals surface area contributed by atoms with Crippen LogP contribution in [0.15, 0.2) is 65.3 Å². The van der Waals surface area contributed by atoms with Crippen LogP contribution in [0.25, 0.3) is 10.8 Å². The third-order valence-electron chi connectivity index (χ3n) is 3.86. The summed E-state index contributed by atoms with van der Waals surface area (Å²) in [4.78, 5) is 12.5. The molecule has 4 nitrogen and oxygen atoms in total. The summed E-state index contributed by atoms with van der Waals surface area (Å²) in [5.74, 6) is 0.372. The zero-order valence-corrected chi connectivity index (χ0v) is 12.9. The van der Waals surface area contributed by atoms with Crippen molar-refractivity contribution in [2.45, 2.75) is 25.5 Å². The van der Waals surface area contributed by atoms with E-state index in [1.807, 2.05) is 49.4 Å². The fourth-order valence-corrected chi connectivity index (χ4v) is 2.72. The molecule has 0 saturated heterocycles. The van der Waals surface area contributed by atoms with Crippen LogP contribution >= 0.6 is 0 Å². The molecule has 0 saturated carbocycles. The summed E-state index contributed by atoms with van der Waals surface area (Å²) < 4.78 is 5.18. The molecule has 118 valence electrons. The number of nitrogens with one attached hydrogen (secondary N) is 1. The second-order valence-corrected chi connectivity index (χ2v) is 5.67. The number of carbonyl (C=O) groups is 1. The molecule has 0 spiro atoms. The van der Waals surface area contributed by atoms with Crippen LogP contribution in [-0.2, 0) is 0 Å². The van der Waals surface area contributed by atoms with Crippen molar-refractivity contribution in [2.24, 2.45) is 0 Å². The lowest BCUT2D eigenvalue weighted by atomic mass is 10.0. The zero-order valence-electron chi connectivity index (χ0n) is 12.9. The standard InChI is InChI=1S/C19H19NO3/c1-13(12-17(21)18-10-5-11-23-18)20-19(22)16-9-4-7-14-6-2-3-8-15(14)16/h2-11,13,17,21H,12H2,1H3,(H,20,22). The molecule has 0 fully saturated rings. The van der Waals surface area contributed by atoms with Crippen LogP contribution < -0.4 is 5.32 Å². The normalized spacial score (nSPS) is 13.7. The number of aliphatic hydroxyl groups excluding tert-OH is 1. The number of fused-ring (bicyclic) bond motifs is 1. The first-order valence-electron chi connectivity index (χ1n) is 7.65. The molecular formula is C19H19NO3. The summed E-state index contributed by atoms with van der Waals surface area (Å²) in [5, 5.41) is 15.0. The van der Waals surface area contributed by atoms with E-state index in [1.54, 1.807) is 12.1 Å². The third kappa shape index (κ3) is 3.43. The van der Waals surface area contributed by atoms with Crippen LogP contribution in [0.5, 0.6) is 0 Å². The van der Waals surface area contributed by atoms with Gasteiger partial charge in [-0.05, 0) is 35.9 Å². The third-order valence-corrected chi connectivity index (χ3v) is 3.86. The van der Waals surface area contributed by atoms with Gasteiger partial charge in [-0.3, -0.25) is 4.79 Å².